The molecular formula is C28H20BrN3O2. The quantitative estimate of drug-likeness (QED) is 0.210. The summed E-state index contributed by atoms with van der Waals surface area (Å²) in [4.78, 5) is 17.1. The van der Waals surface area contributed by atoms with Gasteiger partial charge in [-0.15, -0.1) is 0 Å². The lowest BCUT2D eigenvalue weighted by Gasteiger charge is -2.12. The number of nitrogens with one attached hydrogen (secondary N) is 1. The standard InChI is InChI=1S/C28H20BrN3O2/c29-22-9-5-6-19(16-22)18-34-27-15-13-20-7-1-3-10-23(20)24(27)17-30-32-28(33)26-14-12-21-8-2-4-11-25(21)31-26/h1-17H,18H2,(H,32,33)/b30-17+. The lowest BCUT2D eigenvalue weighted by molar-refractivity contribution is 0.0950. The van der Waals surface area contributed by atoms with Crippen LogP contribution in [0.25, 0.3) is 21.7 Å². The van der Waals surface area contributed by atoms with Gasteiger partial charge >= 0.3 is 0 Å². The third-order valence-electron chi connectivity index (χ3n) is 5.40. The number of carbonyl (C=O) groups is 1. The summed E-state index contributed by atoms with van der Waals surface area (Å²) in [6, 6.07) is 31.1. The molecule has 0 spiro atoms. The van der Waals surface area contributed by atoms with Crippen molar-refractivity contribution in [1.82, 2.24) is 10.4 Å². The van der Waals surface area contributed by atoms with Crippen LogP contribution in [0.5, 0.6) is 5.75 Å². The van der Waals surface area contributed by atoms with Crippen LogP contribution < -0.4 is 10.2 Å². The fraction of sp³-hybridized carbons (Fsp3) is 0.0357. The lowest BCUT2D eigenvalue weighted by atomic mass is 10.0. The molecule has 1 N–H and O–H groups in total. The molecule has 0 atom stereocenters. The molecule has 0 aliphatic carbocycles. The molecule has 0 saturated heterocycles. The van der Waals surface area contributed by atoms with Crippen LogP contribution >= 0.6 is 15.9 Å². The number of hydrogen-bond donors (Lipinski definition) is 1. The summed E-state index contributed by atoms with van der Waals surface area (Å²) in [7, 11) is 0. The number of carbonyl (C=O) groups excluding carboxylic acids is 1. The minimum atomic E-state index is -0.376. The van der Waals surface area contributed by atoms with Crippen LogP contribution in [0.1, 0.15) is 21.6 Å². The fourth-order valence-corrected chi connectivity index (χ4v) is 4.17. The van der Waals surface area contributed by atoms with Crippen molar-refractivity contribution in [3.05, 3.63) is 118 Å². The van der Waals surface area contributed by atoms with E-state index in [1.54, 1.807) is 12.3 Å². The van der Waals surface area contributed by atoms with Crippen molar-refractivity contribution in [2.45, 2.75) is 6.61 Å². The Morgan fingerprint density at radius 1 is 0.912 bits per heavy atom. The minimum Gasteiger partial charge on any atom is -0.488 e. The van der Waals surface area contributed by atoms with Gasteiger partial charge in [-0.2, -0.15) is 5.10 Å². The highest BCUT2D eigenvalue weighted by Crippen LogP contribution is 2.27. The van der Waals surface area contributed by atoms with E-state index in [-0.39, 0.29) is 5.91 Å². The monoisotopic (exact) mass is 509 g/mol. The van der Waals surface area contributed by atoms with Crippen molar-refractivity contribution < 1.29 is 9.53 Å². The van der Waals surface area contributed by atoms with E-state index in [1.807, 2.05) is 91.0 Å². The molecule has 1 heterocycles. The second-order valence-corrected chi connectivity index (χ2v) is 8.62. The number of hydrogen-bond acceptors (Lipinski definition) is 4. The number of hydrazone groups is 1. The number of benzene rings is 4. The van der Waals surface area contributed by atoms with Gasteiger partial charge in [-0.05, 0) is 46.7 Å². The molecule has 0 unspecified atom stereocenters. The molecule has 0 aliphatic rings. The van der Waals surface area contributed by atoms with Crippen molar-refractivity contribution in [2.24, 2.45) is 5.10 Å². The van der Waals surface area contributed by atoms with Gasteiger partial charge in [0.25, 0.3) is 5.91 Å². The summed E-state index contributed by atoms with van der Waals surface area (Å²) in [5.41, 5.74) is 5.49. The average Bonchev–Trinajstić information content (AvgIpc) is 2.87. The number of fused-ring (bicyclic) bond motifs is 2. The number of aromatic nitrogens is 1. The number of para-hydroxylation sites is 1. The maximum Gasteiger partial charge on any atom is 0.289 e. The van der Waals surface area contributed by atoms with Crippen LogP contribution in [-0.2, 0) is 6.61 Å². The number of amides is 1. The first kappa shape index (κ1) is 21.8. The number of rotatable bonds is 6. The van der Waals surface area contributed by atoms with Gasteiger partial charge in [0.05, 0.1) is 11.7 Å². The van der Waals surface area contributed by atoms with Gasteiger partial charge < -0.3 is 4.74 Å². The Morgan fingerprint density at radius 2 is 1.71 bits per heavy atom. The molecule has 5 nitrogen and oxygen atoms in total. The molecule has 0 fully saturated rings. The van der Waals surface area contributed by atoms with Crippen molar-refractivity contribution in [2.75, 3.05) is 0 Å². The van der Waals surface area contributed by atoms with Crippen LogP contribution in [0.3, 0.4) is 0 Å². The Balaban J connectivity index is 1.39. The van der Waals surface area contributed by atoms with E-state index in [2.05, 4.69) is 31.4 Å². The Morgan fingerprint density at radius 3 is 2.59 bits per heavy atom. The lowest BCUT2D eigenvalue weighted by Crippen LogP contribution is -2.19. The molecule has 34 heavy (non-hydrogen) atoms. The first-order valence-corrected chi connectivity index (χ1v) is 11.5. The van der Waals surface area contributed by atoms with Crippen molar-refractivity contribution in [1.29, 1.82) is 0 Å². The zero-order valence-electron chi connectivity index (χ0n) is 18.1. The fourth-order valence-electron chi connectivity index (χ4n) is 3.73. The van der Waals surface area contributed by atoms with Gasteiger partial charge in [-0.25, -0.2) is 10.4 Å². The van der Waals surface area contributed by atoms with Crippen LogP contribution in [0.15, 0.2) is 107 Å². The highest BCUT2D eigenvalue weighted by Gasteiger charge is 2.10. The first-order valence-electron chi connectivity index (χ1n) is 10.8. The van der Waals surface area contributed by atoms with E-state index in [0.29, 0.717) is 18.1 Å². The van der Waals surface area contributed by atoms with E-state index in [0.717, 1.165) is 37.3 Å². The summed E-state index contributed by atoms with van der Waals surface area (Å²) in [5.74, 6) is 0.305. The zero-order chi connectivity index (χ0) is 23.3. The van der Waals surface area contributed by atoms with Crippen molar-refractivity contribution in [3.8, 4) is 5.75 Å². The second kappa shape index (κ2) is 9.85. The van der Waals surface area contributed by atoms with E-state index >= 15 is 0 Å². The number of ether oxygens (including phenoxy) is 1. The molecule has 4 aromatic carbocycles. The molecule has 1 amide bonds. The predicted octanol–water partition coefficient (Wildman–Crippen LogP) is 6.49. The van der Waals surface area contributed by atoms with E-state index in [1.165, 1.54) is 0 Å². The average molecular weight is 510 g/mol. The Hall–Kier alpha value is -4.03. The molecular weight excluding hydrogens is 490 g/mol. The highest BCUT2D eigenvalue weighted by atomic mass is 79.9. The molecule has 1 aromatic heterocycles. The van der Waals surface area contributed by atoms with Gasteiger partial charge in [0.1, 0.15) is 18.1 Å². The first-order chi connectivity index (χ1) is 16.7. The van der Waals surface area contributed by atoms with Crippen molar-refractivity contribution in [3.63, 3.8) is 0 Å². The van der Waals surface area contributed by atoms with E-state index < -0.39 is 0 Å². The molecule has 5 aromatic rings. The van der Waals surface area contributed by atoms with Gasteiger partial charge in [0, 0.05) is 15.4 Å². The Kier molecular flexibility index (Phi) is 6.31. The molecule has 0 bridgehead atoms. The Bertz CT molecular complexity index is 1530. The maximum absolute atomic E-state index is 12.6. The molecule has 166 valence electrons. The largest absolute Gasteiger partial charge is 0.488 e. The summed E-state index contributed by atoms with van der Waals surface area (Å²) in [6.07, 6.45) is 1.62. The molecule has 5 rings (SSSR count). The second-order valence-electron chi connectivity index (χ2n) is 7.71. The molecule has 6 heteroatoms. The van der Waals surface area contributed by atoms with Crippen LogP contribution in [0.2, 0.25) is 0 Å². The van der Waals surface area contributed by atoms with Gasteiger partial charge in [-0.1, -0.05) is 82.7 Å². The van der Waals surface area contributed by atoms with E-state index in [9.17, 15) is 4.79 Å². The van der Waals surface area contributed by atoms with Crippen LogP contribution in [-0.4, -0.2) is 17.1 Å². The summed E-state index contributed by atoms with van der Waals surface area (Å²) < 4.78 is 7.14. The SMILES string of the molecule is O=C(N/N=C/c1c(OCc2cccc(Br)c2)ccc2ccccc12)c1ccc2ccccc2n1. The molecule has 0 aliphatic heterocycles. The summed E-state index contributed by atoms with van der Waals surface area (Å²) in [6.45, 7) is 0.409. The minimum absolute atomic E-state index is 0.305. The number of halogens is 1. The highest BCUT2D eigenvalue weighted by molar-refractivity contribution is 9.10. The normalized spacial score (nSPS) is 11.2. The smallest absolute Gasteiger partial charge is 0.289 e. The third-order valence-corrected chi connectivity index (χ3v) is 5.90. The van der Waals surface area contributed by atoms with Gasteiger partial charge in [-0.3, -0.25) is 4.79 Å². The summed E-state index contributed by atoms with van der Waals surface area (Å²) >= 11 is 3.49. The van der Waals surface area contributed by atoms with Crippen LogP contribution in [0.4, 0.5) is 0 Å². The van der Waals surface area contributed by atoms with E-state index in [4.69, 9.17) is 4.74 Å². The Labute approximate surface area is 205 Å². The maximum atomic E-state index is 12.6. The molecule has 0 saturated carbocycles. The topological polar surface area (TPSA) is 63.6 Å². The third kappa shape index (κ3) is 4.82. The number of pyridine rings is 1. The summed E-state index contributed by atoms with van der Waals surface area (Å²) in [5, 5.41) is 7.24. The molecule has 0 radical (unpaired) electrons. The van der Waals surface area contributed by atoms with Gasteiger partial charge in [0.15, 0.2) is 0 Å². The predicted molar refractivity (Wildman–Crippen MR) is 139 cm³/mol. The van der Waals surface area contributed by atoms with Crippen LogP contribution in [0, 0.1) is 0 Å². The van der Waals surface area contributed by atoms with Gasteiger partial charge in [0.2, 0.25) is 0 Å². The van der Waals surface area contributed by atoms with Crippen molar-refractivity contribution >= 4 is 49.7 Å². The number of nitrogens with zero attached hydrogens (tertiary/aromatic N) is 2. The zero-order valence-corrected chi connectivity index (χ0v) is 19.7.